The quantitative estimate of drug-likeness (QED) is 0.876. The highest BCUT2D eigenvalue weighted by Crippen LogP contribution is 2.28. The van der Waals surface area contributed by atoms with Crippen LogP contribution in [0.25, 0.3) is 11.3 Å². The highest BCUT2D eigenvalue weighted by molar-refractivity contribution is 5.76. The Kier molecular flexibility index (Phi) is 5.84. The number of carbonyl (C=O) groups is 1. The number of morpholine rings is 1. The molecule has 6 heteroatoms. The standard InChI is InChI=1S/C21H27N3O3/c25-21(24-8-10-26-11-9-24)13-17-6-7-22-15-18(17)12-19-14-20(27-23-19)16-4-2-1-3-5-16/h1-5,14,17-18,22H,6-13,15H2/t17-,18+/m0/s1. The summed E-state index contributed by atoms with van der Waals surface area (Å²) in [6.45, 7) is 4.65. The molecule has 1 amide bonds. The van der Waals surface area contributed by atoms with Gasteiger partial charge >= 0.3 is 0 Å². The third kappa shape index (κ3) is 4.57. The molecule has 1 N–H and O–H groups in total. The van der Waals surface area contributed by atoms with Gasteiger partial charge in [0.15, 0.2) is 5.76 Å². The van der Waals surface area contributed by atoms with Crippen LogP contribution in [-0.2, 0) is 16.0 Å². The van der Waals surface area contributed by atoms with Crippen LogP contribution in [0.1, 0.15) is 18.5 Å². The molecule has 6 nitrogen and oxygen atoms in total. The lowest BCUT2D eigenvalue weighted by Crippen LogP contribution is -2.44. The number of hydrogen-bond acceptors (Lipinski definition) is 5. The number of nitrogens with zero attached hydrogens (tertiary/aromatic N) is 2. The number of carbonyl (C=O) groups excluding carboxylic acids is 1. The van der Waals surface area contributed by atoms with Gasteiger partial charge < -0.3 is 19.5 Å². The van der Waals surface area contributed by atoms with E-state index in [0.29, 0.717) is 31.5 Å². The van der Waals surface area contributed by atoms with Gasteiger partial charge in [0.2, 0.25) is 5.91 Å². The SMILES string of the molecule is O=C(C[C@@H]1CCNC[C@H]1Cc1cc(-c2ccccc2)on1)N1CCOCC1. The number of nitrogens with one attached hydrogen (secondary N) is 1. The van der Waals surface area contributed by atoms with Gasteiger partial charge in [0.25, 0.3) is 0 Å². The van der Waals surface area contributed by atoms with E-state index in [2.05, 4.69) is 10.5 Å². The Bertz CT molecular complexity index is 740. The molecular formula is C21H27N3O3. The fourth-order valence-electron chi connectivity index (χ4n) is 4.07. The van der Waals surface area contributed by atoms with E-state index in [9.17, 15) is 4.79 Å². The summed E-state index contributed by atoms with van der Waals surface area (Å²) in [6.07, 6.45) is 2.49. The molecule has 27 heavy (non-hydrogen) atoms. The van der Waals surface area contributed by atoms with E-state index in [4.69, 9.17) is 9.26 Å². The van der Waals surface area contributed by atoms with Crippen LogP contribution >= 0.6 is 0 Å². The summed E-state index contributed by atoms with van der Waals surface area (Å²) in [5, 5.41) is 7.75. The minimum Gasteiger partial charge on any atom is -0.378 e. The second kappa shape index (κ2) is 8.67. The molecule has 2 aromatic rings. The van der Waals surface area contributed by atoms with Crippen molar-refractivity contribution in [3.8, 4) is 11.3 Å². The first-order valence-electron chi connectivity index (χ1n) is 9.87. The molecule has 1 aromatic heterocycles. The van der Waals surface area contributed by atoms with E-state index in [1.165, 1.54) is 0 Å². The third-order valence-corrected chi connectivity index (χ3v) is 5.65. The monoisotopic (exact) mass is 369 g/mol. The second-order valence-corrected chi connectivity index (χ2v) is 7.46. The summed E-state index contributed by atoms with van der Waals surface area (Å²) in [7, 11) is 0. The molecule has 0 unspecified atom stereocenters. The zero-order valence-electron chi connectivity index (χ0n) is 15.6. The van der Waals surface area contributed by atoms with Gasteiger partial charge in [-0.2, -0.15) is 0 Å². The number of hydrogen-bond donors (Lipinski definition) is 1. The fourth-order valence-corrected chi connectivity index (χ4v) is 4.07. The first-order chi connectivity index (χ1) is 13.3. The molecule has 2 fully saturated rings. The van der Waals surface area contributed by atoms with Gasteiger partial charge in [-0.15, -0.1) is 0 Å². The van der Waals surface area contributed by atoms with Crippen molar-refractivity contribution in [3.63, 3.8) is 0 Å². The second-order valence-electron chi connectivity index (χ2n) is 7.46. The molecule has 2 saturated heterocycles. The molecule has 0 aliphatic carbocycles. The Hall–Kier alpha value is -2.18. The van der Waals surface area contributed by atoms with Crippen molar-refractivity contribution in [2.45, 2.75) is 19.3 Å². The maximum absolute atomic E-state index is 12.7. The van der Waals surface area contributed by atoms with Crippen LogP contribution in [-0.4, -0.2) is 55.4 Å². The summed E-state index contributed by atoms with van der Waals surface area (Å²) in [5.41, 5.74) is 2.00. The van der Waals surface area contributed by atoms with Crippen molar-refractivity contribution in [1.82, 2.24) is 15.4 Å². The van der Waals surface area contributed by atoms with Crippen LogP contribution in [0, 0.1) is 11.8 Å². The summed E-state index contributed by atoms with van der Waals surface area (Å²) >= 11 is 0. The van der Waals surface area contributed by atoms with Gasteiger partial charge in [-0.1, -0.05) is 35.5 Å². The van der Waals surface area contributed by atoms with Gasteiger partial charge in [-0.05, 0) is 37.8 Å². The van der Waals surface area contributed by atoms with E-state index in [1.54, 1.807) is 0 Å². The van der Waals surface area contributed by atoms with E-state index >= 15 is 0 Å². The summed E-state index contributed by atoms with van der Waals surface area (Å²) in [6, 6.07) is 12.1. The van der Waals surface area contributed by atoms with Gasteiger partial charge in [0, 0.05) is 31.1 Å². The Balaban J connectivity index is 1.39. The number of aromatic nitrogens is 1. The maximum atomic E-state index is 12.7. The molecule has 3 heterocycles. The van der Waals surface area contributed by atoms with Crippen LogP contribution in [0.3, 0.4) is 0 Å². The fraction of sp³-hybridized carbons (Fsp3) is 0.524. The van der Waals surface area contributed by atoms with Crippen LogP contribution < -0.4 is 5.32 Å². The summed E-state index contributed by atoms with van der Waals surface area (Å²) in [5.74, 6) is 1.85. The zero-order chi connectivity index (χ0) is 18.5. The molecule has 0 radical (unpaired) electrons. The molecule has 2 aliphatic rings. The maximum Gasteiger partial charge on any atom is 0.223 e. The zero-order valence-corrected chi connectivity index (χ0v) is 15.6. The van der Waals surface area contributed by atoms with E-state index in [1.807, 2.05) is 41.3 Å². The Labute approximate surface area is 159 Å². The van der Waals surface area contributed by atoms with E-state index in [-0.39, 0.29) is 5.91 Å². The van der Waals surface area contributed by atoms with Crippen molar-refractivity contribution < 1.29 is 14.1 Å². The summed E-state index contributed by atoms with van der Waals surface area (Å²) in [4.78, 5) is 14.6. The van der Waals surface area contributed by atoms with Crippen molar-refractivity contribution in [2.24, 2.45) is 11.8 Å². The first kappa shape index (κ1) is 18.2. The number of amides is 1. The molecule has 0 bridgehead atoms. The number of ether oxygens (including phenoxy) is 1. The molecule has 2 aliphatic heterocycles. The van der Waals surface area contributed by atoms with Crippen molar-refractivity contribution in [1.29, 1.82) is 0 Å². The Morgan fingerprint density at radius 2 is 2.00 bits per heavy atom. The molecule has 2 atom stereocenters. The van der Waals surface area contributed by atoms with Crippen molar-refractivity contribution >= 4 is 5.91 Å². The number of rotatable bonds is 5. The van der Waals surface area contributed by atoms with Crippen molar-refractivity contribution in [3.05, 3.63) is 42.1 Å². The lowest BCUT2D eigenvalue weighted by atomic mass is 9.81. The largest absolute Gasteiger partial charge is 0.378 e. The Morgan fingerprint density at radius 1 is 1.19 bits per heavy atom. The number of piperidine rings is 1. The molecule has 4 rings (SSSR count). The van der Waals surface area contributed by atoms with Gasteiger partial charge in [-0.25, -0.2) is 0 Å². The van der Waals surface area contributed by atoms with Crippen LogP contribution in [0.15, 0.2) is 40.9 Å². The third-order valence-electron chi connectivity index (χ3n) is 5.65. The average Bonchev–Trinajstić information content (AvgIpc) is 3.19. The van der Waals surface area contributed by atoms with E-state index in [0.717, 1.165) is 56.0 Å². The van der Waals surface area contributed by atoms with Crippen LogP contribution in [0.4, 0.5) is 0 Å². The normalized spacial score (nSPS) is 23.3. The van der Waals surface area contributed by atoms with Gasteiger partial charge in [0.05, 0.1) is 18.9 Å². The molecule has 1 aromatic carbocycles. The minimum atomic E-state index is 0.264. The molecular weight excluding hydrogens is 342 g/mol. The number of benzene rings is 1. The smallest absolute Gasteiger partial charge is 0.223 e. The molecule has 144 valence electrons. The van der Waals surface area contributed by atoms with Crippen molar-refractivity contribution in [2.75, 3.05) is 39.4 Å². The minimum absolute atomic E-state index is 0.264. The van der Waals surface area contributed by atoms with E-state index < -0.39 is 0 Å². The highest BCUT2D eigenvalue weighted by Gasteiger charge is 2.30. The first-order valence-corrected chi connectivity index (χ1v) is 9.87. The predicted octanol–water partition coefficient (Wildman–Crippen LogP) is 2.36. The highest BCUT2D eigenvalue weighted by atomic mass is 16.5. The predicted molar refractivity (Wildman–Crippen MR) is 102 cm³/mol. The van der Waals surface area contributed by atoms with Crippen LogP contribution in [0.5, 0.6) is 0 Å². The van der Waals surface area contributed by atoms with Gasteiger partial charge in [0.1, 0.15) is 0 Å². The Morgan fingerprint density at radius 3 is 2.81 bits per heavy atom. The molecule has 0 saturated carbocycles. The average molecular weight is 369 g/mol. The lowest BCUT2D eigenvalue weighted by molar-refractivity contribution is -0.136. The summed E-state index contributed by atoms with van der Waals surface area (Å²) < 4.78 is 10.9. The molecule has 0 spiro atoms. The van der Waals surface area contributed by atoms with Gasteiger partial charge in [-0.3, -0.25) is 4.79 Å². The van der Waals surface area contributed by atoms with Crippen LogP contribution in [0.2, 0.25) is 0 Å². The topological polar surface area (TPSA) is 67.6 Å². The lowest BCUT2D eigenvalue weighted by Gasteiger charge is -2.34.